The standard InChI is InChI=1S/C22H19ClN2O6S/c1-2-3-19-24-21(32-13-4-5-15-17(7-13)30-10-28-15)20(22(26)27)25(19)9-12-6-16-18(8-14(12)23)31-11-29-16/h4-8H,2-3,9-11H2,1H3,(H,26,27). The second-order valence-electron chi connectivity index (χ2n) is 7.24. The van der Waals surface area contributed by atoms with Gasteiger partial charge in [0, 0.05) is 22.4 Å². The van der Waals surface area contributed by atoms with Gasteiger partial charge < -0.3 is 28.6 Å². The molecule has 1 aromatic heterocycles. The molecule has 166 valence electrons. The SMILES string of the molecule is CCCc1nc(Sc2ccc3c(c2)OCO3)c(C(=O)O)n1Cc1cc2c(cc1Cl)OCO2. The molecule has 32 heavy (non-hydrogen) atoms. The van der Waals surface area contributed by atoms with Crippen LogP contribution in [0.15, 0.2) is 40.3 Å². The second kappa shape index (κ2) is 8.48. The van der Waals surface area contributed by atoms with E-state index in [9.17, 15) is 9.90 Å². The van der Waals surface area contributed by atoms with Crippen LogP contribution in [0.5, 0.6) is 23.0 Å². The lowest BCUT2D eigenvalue weighted by Gasteiger charge is -2.12. The van der Waals surface area contributed by atoms with Crippen molar-refractivity contribution in [2.45, 2.75) is 36.2 Å². The zero-order valence-electron chi connectivity index (χ0n) is 17.1. The number of carboxylic acids is 1. The summed E-state index contributed by atoms with van der Waals surface area (Å²) in [5.74, 6) is 2.10. The summed E-state index contributed by atoms with van der Waals surface area (Å²) >= 11 is 7.74. The van der Waals surface area contributed by atoms with Crippen LogP contribution in [0, 0.1) is 0 Å². The molecule has 0 amide bonds. The average Bonchev–Trinajstić information content (AvgIpc) is 3.47. The number of rotatable bonds is 7. The number of aryl methyl sites for hydroxylation is 1. The van der Waals surface area contributed by atoms with Crippen molar-refractivity contribution in [3.05, 3.63) is 52.4 Å². The van der Waals surface area contributed by atoms with E-state index in [1.165, 1.54) is 11.8 Å². The molecule has 3 heterocycles. The number of benzene rings is 2. The highest BCUT2D eigenvalue weighted by Crippen LogP contribution is 2.40. The molecule has 0 unspecified atom stereocenters. The highest BCUT2D eigenvalue weighted by molar-refractivity contribution is 7.99. The van der Waals surface area contributed by atoms with E-state index in [1.54, 1.807) is 22.8 Å². The van der Waals surface area contributed by atoms with Crippen molar-refractivity contribution >= 4 is 29.3 Å². The number of ether oxygens (including phenoxy) is 4. The number of imidazole rings is 1. The van der Waals surface area contributed by atoms with E-state index in [0.717, 1.165) is 16.9 Å². The highest BCUT2D eigenvalue weighted by atomic mass is 35.5. The third kappa shape index (κ3) is 3.82. The molecular formula is C22H19ClN2O6S. The Morgan fingerprint density at radius 3 is 2.50 bits per heavy atom. The predicted molar refractivity (Wildman–Crippen MR) is 117 cm³/mol. The molecule has 2 aliphatic heterocycles. The van der Waals surface area contributed by atoms with Crippen LogP contribution in [-0.2, 0) is 13.0 Å². The minimum absolute atomic E-state index is 0.116. The maximum Gasteiger partial charge on any atom is 0.355 e. The molecule has 10 heteroatoms. The lowest BCUT2D eigenvalue weighted by Crippen LogP contribution is -2.13. The molecule has 0 saturated carbocycles. The molecule has 0 bridgehead atoms. The second-order valence-corrected chi connectivity index (χ2v) is 8.71. The van der Waals surface area contributed by atoms with E-state index >= 15 is 0 Å². The smallest absolute Gasteiger partial charge is 0.355 e. The maximum absolute atomic E-state index is 12.3. The lowest BCUT2D eigenvalue weighted by molar-refractivity contribution is 0.0681. The summed E-state index contributed by atoms with van der Waals surface area (Å²) in [6, 6.07) is 8.97. The van der Waals surface area contributed by atoms with E-state index in [2.05, 4.69) is 4.98 Å². The number of aromatic carboxylic acids is 1. The van der Waals surface area contributed by atoms with Crippen LogP contribution < -0.4 is 18.9 Å². The number of hydrogen-bond acceptors (Lipinski definition) is 7. The molecule has 8 nitrogen and oxygen atoms in total. The first-order valence-electron chi connectivity index (χ1n) is 10.0. The molecule has 0 fully saturated rings. The molecule has 0 atom stereocenters. The first-order chi connectivity index (χ1) is 15.5. The third-order valence-corrected chi connectivity index (χ3v) is 6.44. The van der Waals surface area contributed by atoms with Gasteiger partial charge in [-0.2, -0.15) is 0 Å². The van der Waals surface area contributed by atoms with Crippen LogP contribution >= 0.6 is 23.4 Å². The van der Waals surface area contributed by atoms with Crippen molar-refractivity contribution in [3.8, 4) is 23.0 Å². The normalized spacial score (nSPS) is 13.6. The summed E-state index contributed by atoms with van der Waals surface area (Å²) in [6.07, 6.45) is 1.45. The van der Waals surface area contributed by atoms with Gasteiger partial charge >= 0.3 is 5.97 Å². The molecular weight excluding hydrogens is 456 g/mol. The fourth-order valence-electron chi connectivity index (χ4n) is 3.64. The Hall–Kier alpha value is -3.04. The molecule has 3 aromatic rings. The molecule has 0 saturated heterocycles. The van der Waals surface area contributed by atoms with Crippen molar-refractivity contribution in [2.75, 3.05) is 13.6 Å². The Bertz CT molecular complexity index is 1210. The summed E-state index contributed by atoms with van der Waals surface area (Å²) in [5.41, 5.74) is 0.845. The van der Waals surface area contributed by atoms with Gasteiger partial charge in [-0.1, -0.05) is 30.3 Å². The minimum Gasteiger partial charge on any atom is -0.476 e. The van der Waals surface area contributed by atoms with Crippen LogP contribution in [0.4, 0.5) is 0 Å². The van der Waals surface area contributed by atoms with Gasteiger partial charge in [0.2, 0.25) is 13.6 Å². The summed E-state index contributed by atoms with van der Waals surface area (Å²) < 4.78 is 23.3. The average molecular weight is 475 g/mol. The Labute approximate surface area is 193 Å². The van der Waals surface area contributed by atoms with Crippen molar-refractivity contribution in [2.24, 2.45) is 0 Å². The largest absolute Gasteiger partial charge is 0.476 e. The molecule has 1 N–H and O–H groups in total. The third-order valence-electron chi connectivity index (χ3n) is 5.12. The first-order valence-corrected chi connectivity index (χ1v) is 11.2. The van der Waals surface area contributed by atoms with E-state index in [1.807, 2.05) is 19.1 Å². The van der Waals surface area contributed by atoms with Gasteiger partial charge in [0.05, 0.1) is 6.54 Å². The van der Waals surface area contributed by atoms with Crippen LogP contribution in [-0.4, -0.2) is 34.2 Å². The molecule has 2 aromatic carbocycles. The monoisotopic (exact) mass is 474 g/mol. The minimum atomic E-state index is -1.06. The van der Waals surface area contributed by atoms with E-state index in [0.29, 0.717) is 45.3 Å². The summed E-state index contributed by atoms with van der Waals surface area (Å²) in [4.78, 5) is 17.8. The molecule has 5 rings (SSSR count). The van der Waals surface area contributed by atoms with Crippen molar-refractivity contribution in [1.29, 1.82) is 0 Å². The van der Waals surface area contributed by atoms with Gasteiger partial charge in [0.25, 0.3) is 0 Å². The van der Waals surface area contributed by atoms with E-state index in [-0.39, 0.29) is 25.8 Å². The van der Waals surface area contributed by atoms with Crippen LogP contribution in [0.3, 0.4) is 0 Å². The summed E-state index contributed by atoms with van der Waals surface area (Å²) in [5, 5.41) is 11.0. The Kier molecular flexibility index (Phi) is 5.52. The van der Waals surface area contributed by atoms with Crippen molar-refractivity contribution in [3.63, 3.8) is 0 Å². The van der Waals surface area contributed by atoms with Gasteiger partial charge in [-0.15, -0.1) is 0 Å². The highest BCUT2D eigenvalue weighted by Gasteiger charge is 2.26. The number of carboxylic acid groups (broad SMARTS) is 1. The molecule has 0 radical (unpaired) electrons. The number of fused-ring (bicyclic) bond motifs is 2. The zero-order valence-corrected chi connectivity index (χ0v) is 18.7. The summed E-state index contributed by atoms with van der Waals surface area (Å²) in [7, 11) is 0. The fourth-order valence-corrected chi connectivity index (χ4v) is 4.82. The van der Waals surface area contributed by atoms with Gasteiger partial charge in [0.1, 0.15) is 10.9 Å². The quantitative estimate of drug-likeness (QED) is 0.520. The van der Waals surface area contributed by atoms with Gasteiger partial charge in [-0.25, -0.2) is 9.78 Å². The molecule has 0 spiro atoms. The Morgan fingerprint density at radius 1 is 1.09 bits per heavy atom. The zero-order chi connectivity index (χ0) is 22.2. The number of nitrogens with zero attached hydrogens (tertiary/aromatic N) is 2. The number of carbonyl (C=O) groups is 1. The Morgan fingerprint density at radius 2 is 1.78 bits per heavy atom. The van der Waals surface area contributed by atoms with Crippen LogP contribution in [0.1, 0.15) is 35.2 Å². The number of hydrogen-bond donors (Lipinski definition) is 1. The predicted octanol–water partition coefficient (Wildman–Crippen LogP) is 4.84. The van der Waals surface area contributed by atoms with Crippen molar-refractivity contribution in [1.82, 2.24) is 9.55 Å². The summed E-state index contributed by atoms with van der Waals surface area (Å²) in [6.45, 7) is 2.59. The van der Waals surface area contributed by atoms with Gasteiger partial charge in [0.15, 0.2) is 28.7 Å². The topological polar surface area (TPSA) is 92.0 Å². The Balaban J connectivity index is 1.53. The van der Waals surface area contributed by atoms with Crippen LogP contribution in [0.2, 0.25) is 5.02 Å². The lowest BCUT2D eigenvalue weighted by atomic mass is 10.2. The first kappa shape index (κ1) is 20.8. The van der Waals surface area contributed by atoms with Crippen molar-refractivity contribution < 1.29 is 28.8 Å². The number of aromatic nitrogens is 2. The number of halogens is 1. The van der Waals surface area contributed by atoms with Crippen LogP contribution in [0.25, 0.3) is 0 Å². The van der Waals surface area contributed by atoms with E-state index in [4.69, 9.17) is 30.5 Å². The van der Waals surface area contributed by atoms with Gasteiger partial charge in [-0.3, -0.25) is 0 Å². The van der Waals surface area contributed by atoms with Gasteiger partial charge in [-0.05, 0) is 36.2 Å². The fraction of sp³-hybridized carbons (Fsp3) is 0.273. The molecule has 2 aliphatic rings. The molecule has 0 aliphatic carbocycles. The maximum atomic E-state index is 12.3. The van der Waals surface area contributed by atoms with E-state index < -0.39 is 5.97 Å².